The molecular formula is C15H19ClN2O2. The highest BCUT2D eigenvalue weighted by atomic mass is 35.5. The number of hydrogen-bond donors (Lipinski definition) is 1. The molecule has 108 valence electrons. The van der Waals surface area contributed by atoms with Crippen molar-refractivity contribution in [2.75, 3.05) is 37.6 Å². The van der Waals surface area contributed by atoms with Crippen molar-refractivity contribution >= 4 is 23.3 Å². The SMILES string of the molecule is CC(=CCN1CCN(c2ccc(Cl)cc2)CC1)C(=O)O. The Morgan fingerprint density at radius 2 is 1.85 bits per heavy atom. The Hall–Kier alpha value is -1.52. The molecule has 0 saturated carbocycles. The third-order valence-electron chi connectivity index (χ3n) is 3.56. The lowest BCUT2D eigenvalue weighted by molar-refractivity contribution is -0.132. The molecular weight excluding hydrogens is 276 g/mol. The lowest BCUT2D eigenvalue weighted by Crippen LogP contribution is -2.46. The van der Waals surface area contributed by atoms with Gasteiger partial charge in [-0.1, -0.05) is 17.7 Å². The zero-order valence-corrected chi connectivity index (χ0v) is 12.3. The van der Waals surface area contributed by atoms with Gasteiger partial charge in [0.05, 0.1) is 0 Å². The molecule has 1 heterocycles. The van der Waals surface area contributed by atoms with Crippen LogP contribution in [0.2, 0.25) is 5.02 Å². The Morgan fingerprint density at radius 1 is 1.25 bits per heavy atom. The number of carboxylic acid groups (broad SMARTS) is 1. The van der Waals surface area contributed by atoms with Gasteiger partial charge in [0.1, 0.15) is 0 Å². The molecule has 1 aliphatic heterocycles. The molecule has 1 aliphatic rings. The summed E-state index contributed by atoms with van der Waals surface area (Å²) in [6, 6.07) is 7.88. The molecule has 0 spiro atoms. The van der Waals surface area contributed by atoms with Crippen LogP contribution in [-0.4, -0.2) is 48.7 Å². The summed E-state index contributed by atoms with van der Waals surface area (Å²) in [6.07, 6.45) is 1.78. The number of rotatable bonds is 4. The second-order valence-electron chi connectivity index (χ2n) is 4.96. The monoisotopic (exact) mass is 294 g/mol. The minimum atomic E-state index is -0.843. The number of nitrogens with zero attached hydrogens (tertiary/aromatic N) is 2. The second kappa shape index (κ2) is 6.77. The first-order valence-corrected chi connectivity index (χ1v) is 7.07. The first-order chi connectivity index (χ1) is 9.56. The van der Waals surface area contributed by atoms with Gasteiger partial charge in [-0.2, -0.15) is 0 Å². The number of piperazine rings is 1. The van der Waals surface area contributed by atoms with Crippen LogP contribution in [0.15, 0.2) is 35.9 Å². The van der Waals surface area contributed by atoms with Crippen LogP contribution < -0.4 is 4.90 Å². The Balaban J connectivity index is 1.85. The Kier molecular flexibility index (Phi) is 5.04. The summed E-state index contributed by atoms with van der Waals surface area (Å²) in [4.78, 5) is 15.3. The zero-order valence-electron chi connectivity index (χ0n) is 11.6. The van der Waals surface area contributed by atoms with Crippen LogP contribution in [0.3, 0.4) is 0 Å². The average Bonchev–Trinajstić information content (AvgIpc) is 2.46. The molecule has 1 aromatic rings. The molecule has 0 aliphatic carbocycles. The van der Waals surface area contributed by atoms with Crippen LogP contribution in [-0.2, 0) is 4.79 Å². The number of aliphatic carboxylic acids is 1. The Labute approximate surface area is 124 Å². The van der Waals surface area contributed by atoms with Gasteiger partial charge in [0.2, 0.25) is 0 Å². The fourth-order valence-electron chi connectivity index (χ4n) is 2.19. The molecule has 0 radical (unpaired) electrons. The van der Waals surface area contributed by atoms with Gasteiger partial charge in [-0.25, -0.2) is 4.79 Å². The van der Waals surface area contributed by atoms with Crippen LogP contribution in [0.1, 0.15) is 6.92 Å². The molecule has 0 atom stereocenters. The van der Waals surface area contributed by atoms with Gasteiger partial charge in [-0.15, -0.1) is 0 Å². The number of benzene rings is 1. The largest absolute Gasteiger partial charge is 0.478 e. The standard InChI is InChI=1S/C15H19ClN2O2/c1-12(15(19)20)6-7-17-8-10-18(11-9-17)14-4-2-13(16)3-5-14/h2-6H,7-11H2,1H3,(H,19,20). The van der Waals surface area contributed by atoms with Crippen molar-refractivity contribution in [2.24, 2.45) is 0 Å². The molecule has 4 nitrogen and oxygen atoms in total. The minimum Gasteiger partial charge on any atom is -0.478 e. The number of carboxylic acids is 1. The van der Waals surface area contributed by atoms with E-state index in [-0.39, 0.29) is 0 Å². The average molecular weight is 295 g/mol. The summed E-state index contributed by atoms with van der Waals surface area (Å²) in [5.74, 6) is -0.843. The van der Waals surface area contributed by atoms with Crippen molar-refractivity contribution in [3.63, 3.8) is 0 Å². The van der Waals surface area contributed by atoms with Gasteiger partial charge in [-0.3, -0.25) is 4.90 Å². The van der Waals surface area contributed by atoms with E-state index in [1.165, 1.54) is 5.69 Å². The smallest absolute Gasteiger partial charge is 0.330 e. The Morgan fingerprint density at radius 3 is 2.40 bits per heavy atom. The van der Waals surface area contributed by atoms with Crippen molar-refractivity contribution < 1.29 is 9.90 Å². The lowest BCUT2D eigenvalue weighted by atomic mass is 10.2. The molecule has 1 aromatic carbocycles. The highest BCUT2D eigenvalue weighted by molar-refractivity contribution is 6.30. The van der Waals surface area contributed by atoms with Crippen molar-refractivity contribution in [2.45, 2.75) is 6.92 Å². The summed E-state index contributed by atoms with van der Waals surface area (Å²) in [5, 5.41) is 9.57. The van der Waals surface area contributed by atoms with E-state index in [2.05, 4.69) is 9.80 Å². The number of halogens is 1. The number of hydrogen-bond acceptors (Lipinski definition) is 3. The van der Waals surface area contributed by atoms with E-state index in [9.17, 15) is 4.79 Å². The van der Waals surface area contributed by atoms with E-state index in [0.29, 0.717) is 12.1 Å². The van der Waals surface area contributed by atoms with E-state index >= 15 is 0 Å². The highest BCUT2D eigenvalue weighted by Gasteiger charge is 2.16. The van der Waals surface area contributed by atoms with Crippen LogP contribution >= 0.6 is 11.6 Å². The van der Waals surface area contributed by atoms with Crippen LogP contribution in [0.5, 0.6) is 0 Å². The third kappa shape index (κ3) is 3.99. The van der Waals surface area contributed by atoms with Crippen LogP contribution in [0.25, 0.3) is 0 Å². The summed E-state index contributed by atoms with van der Waals surface area (Å²) in [6.45, 7) is 6.10. The maximum absolute atomic E-state index is 10.7. The topological polar surface area (TPSA) is 43.8 Å². The van der Waals surface area contributed by atoms with E-state index in [0.717, 1.165) is 31.2 Å². The molecule has 20 heavy (non-hydrogen) atoms. The number of carbonyl (C=O) groups is 1. The molecule has 0 unspecified atom stereocenters. The van der Waals surface area contributed by atoms with Crippen molar-refractivity contribution in [1.29, 1.82) is 0 Å². The van der Waals surface area contributed by atoms with Gasteiger partial charge in [-0.05, 0) is 31.2 Å². The first kappa shape index (κ1) is 14.9. The van der Waals surface area contributed by atoms with Gasteiger partial charge in [0.15, 0.2) is 0 Å². The molecule has 1 fully saturated rings. The van der Waals surface area contributed by atoms with Gasteiger partial charge in [0, 0.05) is 49.0 Å². The molecule has 5 heteroatoms. The molecule has 0 amide bonds. The zero-order chi connectivity index (χ0) is 14.5. The highest BCUT2D eigenvalue weighted by Crippen LogP contribution is 2.19. The predicted octanol–water partition coefficient (Wildman–Crippen LogP) is 2.49. The fourth-order valence-corrected chi connectivity index (χ4v) is 2.32. The normalized spacial score (nSPS) is 17.3. The summed E-state index contributed by atoms with van der Waals surface area (Å²) in [5.41, 5.74) is 1.59. The molecule has 1 N–H and O–H groups in total. The molecule has 0 aromatic heterocycles. The van der Waals surface area contributed by atoms with E-state index in [1.54, 1.807) is 13.0 Å². The molecule has 1 saturated heterocycles. The second-order valence-corrected chi connectivity index (χ2v) is 5.39. The molecule has 2 rings (SSSR count). The van der Waals surface area contributed by atoms with E-state index in [4.69, 9.17) is 16.7 Å². The van der Waals surface area contributed by atoms with Gasteiger partial charge < -0.3 is 10.0 Å². The van der Waals surface area contributed by atoms with Crippen LogP contribution in [0, 0.1) is 0 Å². The molecule has 0 bridgehead atoms. The summed E-state index contributed by atoms with van der Waals surface area (Å²) < 4.78 is 0. The van der Waals surface area contributed by atoms with Gasteiger partial charge in [0.25, 0.3) is 0 Å². The van der Waals surface area contributed by atoms with Crippen LogP contribution in [0.4, 0.5) is 5.69 Å². The first-order valence-electron chi connectivity index (χ1n) is 6.69. The van der Waals surface area contributed by atoms with Gasteiger partial charge >= 0.3 is 5.97 Å². The Bertz CT molecular complexity index is 491. The van der Waals surface area contributed by atoms with Crippen molar-refractivity contribution in [1.82, 2.24) is 4.90 Å². The fraction of sp³-hybridized carbons (Fsp3) is 0.400. The number of anilines is 1. The third-order valence-corrected chi connectivity index (χ3v) is 3.81. The lowest BCUT2D eigenvalue weighted by Gasteiger charge is -2.35. The minimum absolute atomic E-state index is 0.408. The predicted molar refractivity (Wildman–Crippen MR) is 81.5 cm³/mol. The van der Waals surface area contributed by atoms with E-state index < -0.39 is 5.97 Å². The maximum Gasteiger partial charge on any atom is 0.330 e. The quantitative estimate of drug-likeness (QED) is 0.867. The van der Waals surface area contributed by atoms with Crippen molar-refractivity contribution in [3.8, 4) is 0 Å². The summed E-state index contributed by atoms with van der Waals surface area (Å²) >= 11 is 5.89. The summed E-state index contributed by atoms with van der Waals surface area (Å²) in [7, 11) is 0. The van der Waals surface area contributed by atoms with E-state index in [1.807, 2.05) is 24.3 Å². The van der Waals surface area contributed by atoms with Crippen molar-refractivity contribution in [3.05, 3.63) is 40.9 Å². The maximum atomic E-state index is 10.7.